The molecule has 0 aliphatic heterocycles. The quantitative estimate of drug-likeness (QED) is 0.481. The van der Waals surface area contributed by atoms with Gasteiger partial charge in [0.15, 0.2) is 0 Å². The zero-order valence-electron chi connectivity index (χ0n) is 7.09. The second kappa shape index (κ2) is 3.09. The third-order valence-corrected chi connectivity index (χ3v) is 2.01. The summed E-state index contributed by atoms with van der Waals surface area (Å²) >= 11 is 0. The van der Waals surface area contributed by atoms with Crippen molar-refractivity contribution in [2.75, 3.05) is 0 Å². The van der Waals surface area contributed by atoms with E-state index in [0.717, 1.165) is 5.92 Å². The van der Waals surface area contributed by atoms with E-state index in [1.54, 1.807) is 0 Å². The van der Waals surface area contributed by atoms with Crippen molar-refractivity contribution < 1.29 is 0 Å². The molecule has 0 radical (unpaired) electrons. The molecule has 0 aromatic carbocycles. The maximum atomic E-state index is 2.36. The van der Waals surface area contributed by atoms with Crippen LogP contribution in [0.4, 0.5) is 0 Å². The molecule has 0 saturated heterocycles. The van der Waals surface area contributed by atoms with Crippen molar-refractivity contribution in [2.24, 2.45) is 5.92 Å². The van der Waals surface area contributed by atoms with Crippen molar-refractivity contribution in [2.45, 2.75) is 26.1 Å². The lowest BCUT2D eigenvalue weighted by molar-refractivity contribution is 0.727. The van der Waals surface area contributed by atoms with Gasteiger partial charge in [-0.15, -0.1) is 0 Å². The van der Waals surface area contributed by atoms with Crippen molar-refractivity contribution in [1.29, 1.82) is 0 Å². The van der Waals surface area contributed by atoms with Crippen molar-refractivity contribution >= 4 is 7.85 Å². The van der Waals surface area contributed by atoms with E-state index in [-0.39, 0.29) is 0 Å². The zero-order valence-corrected chi connectivity index (χ0v) is 7.09. The zero-order chi connectivity index (χ0) is 7.56. The van der Waals surface area contributed by atoms with E-state index in [4.69, 9.17) is 0 Å². The van der Waals surface area contributed by atoms with Gasteiger partial charge in [-0.1, -0.05) is 37.6 Å². The van der Waals surface area contributed by atoms with Crippen LogP contribution in [-0.2, 0) is 0 Å². The highest BCUT2D eigenvalue weighted by Gasteiger charge is 2.05. The summed E-state index contributed by atoms with van der Waals surface area (Å²) in [6.45, 7) is 4.50. The fourth-order valence-electron chi connectivity index (χ4n) is 1.17. The van der Waals surface area contributed by atoms with Gasteiger partial charge in [0.05, 0.1) is 0 Å². The van der Waals surface area contributed by atoms with Crippen LogP contribution < -0.4 is 0 Å². The molecule has 10 heavy (non-hydrogen) atoms. The molecule has 1 rings (SSSR count). The van der Waals surface area contributed by atoms with E-state index in [9.17, 15) is 0 Å². The molecule has 1 aliphatic rings. The number of allylic oxidation sites excluding steroid dienone is 4. The molecule has 0 amide bonds. The van der Waals surface area contributed by atoms with Gasteiger partial charge >= 0.3 is 0 Å². The van der Waals surface area contributed by atoms with Gasteiger partial charge in [-0.3, -0.25) is 0 Å². The third-order valence-electron chi connectivity index (χ3n) is 2.01. The van der Waals surface area contributed by atoms with Gasteiger partial charge in [-0.2, -0.15) is 0 Å². The van der Waals surface area contributed by atoms with E-state index < -0.39 is 0 Å². The van der Waals surface area contributed by atoms with Crippen LogP contribution in [-0.4, -0.2) is 7.85 Å². The summed E-state index contributed by atoms with van der Waals surface area (Å²) in [5.41, 5.74) is 1.50. The molecule has 0 saturated carbocycles. The smallest absolute Gasteiger partial charge is 0.0812 e. The highest BCUT2D eigenvalue weighted by Crippen LogP contribution is 2.22. The van der Waals surface area contributed by atoms with Crippen LogP contribution in [0.5, 0.6) is 0 Å². The van der Waals surface area contributed by atoms with Crippen LogP contribution in [0.1, 0.15) is 20.3 Å². The molecule has 0 aromatic heterocycles. The fraction of sp³-hybridized carbons (Fsp3) is 0.556. The van der Waals surface area contributed by atoms with Crippen LogP contribution in [0, 0.1) is 5.92 Å². The lowest BCUT2D eigenvalue weighted by Gasteiger charge is -2.13. The lowest BCUT2D eigenvalue weighted by Crippen LogP contribution is -1.97. The molecule has 0 aromatic rings. The monoisotopic (exact) mass is 134 g/mol. The van der Waals surface area contributed by atoms with E-state index in [2.05, 4.69) is 39.9 Å². The summed E-state index contributed by atoms with van der Waals surface area (Å²) in [5.74, 6) is 1.45. The highest BCUT2D eigenvalue weighted by molar-refractivity contribution is 6.13. The van der Waals surface area contributed by atoms with Crippen LogP contribution in [0.3, 0.4) is 0 Å². The van der Waals surface area contributed by atoms with E-state index in [1.165, 1.54) is 12.0 Å². The first kappa shape index (κ1) is 7.65. The molecular formula is C9H15B. The molecule has 1 heteroatoms. The Morgan fingerprint density at radius 1 is 1.70 bits per heavy atom. The maximum Gasteiger partial charge on any atom is 0.110 e. The van der Waals surface area contributed by atoms with Crippen molar-refractivity contribution in [3.8, 4) is 0 Å². The van der Waals surface area contributed by atoms with Gasteiger partial charge in [0.2, 0.25) is 0 Å². The Bertz CT molecular complexity index is 166. The van der Waals surface area contributed by atoms with Gasteiger partial charge in [-0.05, 0) is 18.2 Å². The number of hydrogen-bond donors (Lipinski definition) is 0. The average molecular weight is 134 g/mol. The second-order valence-corrected chi connectivity index (χ2v) is 3.43. The third kappa shape index (κ3) is 1.76. The Balaban J connectivity index is 2.59. The summed E-state index contributed by atoms with van der Waals surface area (Å²) in [5, 5.41) is 0. The van der Waals surface area contributed by atoms with Crippen LogP contribution in [0.25, 0.3) is 0 Å². The molecule has 1 aliphatic carbocycles. The maximum absolute atomic E-state index is 2.36. The summed E-state index contributed by atoms with van der Waals surface area (Å²) in [6, 6.07) is 0. The summed E-state index contributed by atoms with van der Waals surface area (Å²) in [6.07, 6.45) is 8.15. The largest absolute Gasteiger partial charge is 0.110 e. The standard InChI is InChI=1S/C9H15B/c1-7-3-5-9(6-4-7)8(2)10/h3,5-8H,4,10H2,1-2H3/t7?,8-/m0/s1. The van der Waals surface area contributed by atoms with Gasteiger partial charge in [0.1, 0.15) is 7.85 Å². The molecule has 0 bridgehead atoms. The Kier molecular flexibility index (Phi) is 2.36. The Morgan fingerprint density at radius 2 is 2.40 bits per heavy atom. The molecule has 0 N–H and O–H groups in total. The van der Waals surface area contributed by atoms with Crippen LogP contribution in [0.2, 0.25) is 5.82 Å². The second-order valence-electron chi connectivity index (χ2n) is 3.43. The van der Waals surface area contributed by atoms with Gasteiger partial charge in [0, 0.05) is 0 Å². The first-order chi connectivity index (χ1) is 4.70. The molecule has 0 fully saturated rings. The Labute approximate surface area is 64.4 Å². The molecule has 54 valence electrons. The Morgan fingerprint density at radius 3 is 2.80 bits per heavy atom. The Hall–Kier alpha value is -0.455. The predicted octanol–water partition coefficient (Wildman–Crippen LogP) is 1.95. The number of rotatable bonds is 1. The average Bonchev–Trinajstić information content (AvgIpc) is 1.88. The van der Waals surface area contributed by atoms with Crippen molar-refractivity contribution in [3.63, 3.8) is 0 Å². The van der Waals surface area contributed by atoms with E-state index in [1.807, 2.05) is 0 Å². The fourth-order valence-corrected chi connectivity index (χ4v) is 1.17. The van der Waals surface area contributed by atoms with Gasteiger partial charge in [-0.25, -0.2) is 0 Å². The molecule has 1 unspecified atom stereocenters. The molecule has 0 nitrogen and oxygen atoms in total. The first-order valence-corrected chi connectivity index (χ1v) is 4.08. The van der Waals surface area contributed by atoms with Gasteiger partial charge < -0.3 is 0 Å². The molecule has 0 heterocycles. The predicted molar refractivity (Wildman–Crippen MR) is 49.0 cm³/mol. The van der Waals surface area contributed by atoms with Gasteiger partial charge in [0.25, 0.3) is 0 Å². The topological polar surface area (TPSA) is 0 Å². The lowest BCUT2D eigenvalue weighted by atomic mass is 9.79. The minimum Gasteiger partial charge on any atom is -0.0812 e. The summed E-state index contributed by atoms with van der Waals surface area (Å²) in [4.78, 5) is 0. The molecule has 0 spiro atoms. The van der Waals surface area contributed by atoms with E-state index in [0.29, 0.717) is 5.82 Å². The minimum absolute atomic E-state index is 0.698. The van der Waals surface area contributed by atoms with Crippen LogP contribution in [0.15, 0.2) is 23.8 Å². The van der Waals surface area contributed by atoms with E-state index >= 15 is 0 Å². The molecule has 2 atom stereocenters. The van der Waals surface area contributed by atoms with Crippen molar-refractivity contribution in [1.82, 2.24) is 0 Å². The van der Waals surface area contributed by atoms with Crippen molar-refractivity contribution in [3.05, 3.63) is 23.8 Å². The minimum atomic E-state index is 0.698. The summed E-state index contributed by atoms with van der Waals surface area (Å²) in [7, 11) is 2.24. The number of hydrogen-bond acceptors (Lipinski definition) is 0. The highest BCUT2D eigenvalue weighted by atomic mass is 14.1. The summed E-state index contributed by atoms with van der Waals surface area (Å²) < 4.78 is 0. The molecular weight excluding hydrogens is 119 g/mol. The first-order valence-electron chi connectivity index (χ1n) is 4.08. The normalized spacial score (nSPS) is 27.8. The SMILES string of the molecule is B[C@@H](C)C1=CCC(C)C=C1. The van der Waals surface area contributed by atoms with Crippen LogP contribution >= 0.6 is 0 Å².